The van der Waals surface area contributed by atoms with Crippen molar-refractivity contribution in [2.75, 3.05) is 21.9 Å². The number of thioether (sulfide) groups is 1. The predicted octanol–water partition coefficient (Wildman–Crippen LogP) is 4.18. The van der Waals surface area contributed by atoms with Gasteiger partial charge in [-0.2, -0.15) is 0 Å². The smallest absolute Gasteiger partial charge is 0.264 e. The molecule has 2 aromatic carbocycles. The number of carbonyl (C=O) groups is 1. The van der Waals surface area contributed by atoms with Crippen molar-refractivity contribution in [3.05, 3.63) is 60.2 Å². The maximum atomic E-state index is 13.3. The summed E-state index contributed by atoms with van der Waals surface area (Å²) in [5.41, 5.74) is 1.20. The molecule has 0 saturated heterocycles. The average molecular weight is 463 g/mol. The molecule has 7 nitrogen and oxygen atoms in total. The Labute approximate surface area is 184 Å². The first-order chi connectivity index (χ1) is 14.4. The van der Waals surface area contributed by atoms with Crippen molar-refractivity contribution in [3.63, 3.8) is 0 Å². The van der Waals surface area contributed by atoms with Crippen LogP contribution < -0.4 is 9.62 Å². The number of carbonyl (C=O) groups excluding carboxylic acids is 1. The van der Waals surface area contributed by atoms with Crippen molar-refractivity contribution in [1.29, 1.82) is 0 Å². The van der Waals surface area contributed by atoms with Crippen LogP contribution in [-0.4, -0.2) is 36.8 Å². The van der Waals surface area contributed by atoms with Crippen LogP contribution in [0.4, 0.5) is 10.8 Å². The van der Waals surface area contributed by atoms with E-state index < -0.39 is 15.9 Å². The molecular weight excluding hydrogens is 440 g/mol. The highest BCUT2D eigenvalue weighted by Crippen LogP contribution is 2.28. The maximum Gasteiger partial charge on any atom is 0.264 e. The average Bonchev–Trinajstić information content (AvgIpc) is 3.19. The lowest BCUT2D eigenvalue weighted by Crippen LogP contribution is -2.38. The lowest BCUT2D eigenvalue weighted by molar-refractivity contribution is -0.114. The van der Waals surface area contributed by atoms with Gasteiger partial charge in [0, 0.05) is 5.75 Å². The molecule has 158 valence electrons. The quantitative estimate of drug-likeness (QED) is 0.379. The van der Waals surface area contributed by atoms with Crippen molar-refractivity contribution in [2.45, 2.75) is 29.5 Å². The van der Waals surface area contributed by atoms with E-state index in [0.29, 0.717) is 10.8 Å². The summed E-state index contributed by atoms with van der Waals surface area (Å²) in [7, 11) is -3.94. The second-order valence-corrected chi connectivity index (χ2v) is 10.6. The van der Waals surface area contributed by atoms with Gasteiger partial charge in [0.05, 0.1) is 10.6 Å². The van der Waals surface area contributed by atoms with Crippen molar-refractivity contribution in [1.82, 2.24) is 10.2 Å². The highest BCUT2D eigenvalue weighted by Gasteiger charge is 2.28. The molecule has 3 aromatic rings. The zero-order chi connectivity index (χ0) is 21.6. The van der Waals surface area contributed by atoms with Crippen molar-refractivity contribution in [2.24, 2.45) is 0 Å². The zero-order valence-electron chi connectivity index (χ0n) is 16.6. The monoisotopic (exact) mass is 462 g/mol. The molecule has 0 saturated carbocycles. The fraction of sp³-hybridized carbons (Fsp3) is 0.250. The zero-order valence-corrected chi connectivity index (χ0v) is 19.1. The number of anilines is 2. The van der Waals surface area contributed by atoms with Gasteiger partial charge in [-0.05, 0) is 37.1 Å². The van der Waals surface area contributed by atoms with E-state index in [0.717, 1.165) is 26.4 Å². The first kappa shape index (κ1) is 22.3. The third-order valence-corrected chi connectivity index (χ3v) is 8.04. The molecule has 10 heteroatoms. The van der Waals surface area contributed by atoms with Gasteiger partial charge in [-0.3, -0.25) is 14.4 Å². The summed E-state index contributed by atoms with van der Waals surface area (Å²) in [6.45, 7) is 3.51. The Morgan fingerprint density at radius 3 is 2.50 bits per heavy atom. The number of rotatable bonds is 9. The molecular formula is C20H22N4O3S3. The maximum absolute atomic E-state index is 13.3. The van der Waals surface area contributed by atoms with Gasteiger partial charge in [-0.15, -0.1) is 10.2 Å². The van der Waals surface area contributed by atoms with E-state index in [1.807, 2.05) is 19.1 Å². The van der Waals surface area contributed by atoms with Gasteiger partial charge in [0.25, 0.3) is 10.0 Å². The van der Waals surface area contributed by atoms with E-state index in [9.17, 15) is 13.2 Å². The number of aryl methyl sites for hydroxylation is 1. The van der Waals surface area contributed by atoms with Crippen LogP contribution in [0.25, 0.3) is 0 Å². The van der Waals surface area contributed by atoms with Gasteiger partial charge in [0.1, 0.15) is 6.54 Å². The minimum absolute atomic E-state index is 0.121. The molecule has 0 radical (unpaired) electrons. The van der Waals surface area contributed by atoms with Crippen LogP contribution in [0, 0.1) is 6.92 Å². The van der Waals surface area contributed by atoms with E-state index in [1.165, 1.54) is 23.5 Å². The number of sulfonamides is 1. The molecule has 0 fully saturated rings. The van der Waals surface area contributed by atoms with Gasteiger partial charge in [0.15, 0.2) is 4.34 Å². The van der Waals surface area contributed by atoms with Gasteiger partial charge in [-0.25, -0.2) is 8.42 Å². The van der Waals surface area contributed by atoms with Crippen molar-refractivity contribution < 1.29 is 13.2 Å². The van der Waals surface area contributed by atoms with Crippen LogP contribution in [0.5, 0.6) is 0 Å². The number of nitrogens with zero attached hydrogens (tertiary/aromatic N) is 3. The van der Waals surface area contributed by atoms with E-state index in [-0.39, 0.29) is 11.4 Å². The van der Waals surface area contributed by atoms with E-state index >= 15 is 0 Å². The Bertz CT molecular complexity index is 1100. The number of amides is 1. The Morgan fingerprint density at radius 1 is 1.10 bits per heavy atom. The Morgan fingerprint density at radius 2 is 1.80 bits per heavy atom. The van der Waals surface area contributed by atoms with Crippen molar-refractivity contribution >= 4 is 49.8 Å². The highest BCUT2D eigenvalue weighted by atomic mass is 32.2. The van der Waals surface area contributed by atoms with Crippen LogP contribution >= 0.6 is 23.1 Å². The fourth-order valence-corrected chi connectivity index (χ4v) is 5.86. The number of benzene rings is 2. The predicted molar refractivity (Wildman–Crippen MR) is 122 cm³/mol. The van der Waals surface area contributed by atoms with E-state index in [2.05, 4.69) is 22.4 Å². The molecule has 0 spiro atoms. The fourth-order valence-electron chi connectivity index (χ4n) is 2.66. The molecule has 0 aliphatic heterocycles. The van der Waals surface area contributed by atoms with Gasteiger partial charge in [-0.1, -0.05) is 66.4 Å². The highest BCUT2D eigenvalue weighted by molar-refractivity contribution is 8.01. The van der Waals surface area contributed by atoms with Gasteiger partial charge in [0.2, 0.25) is 11.0 Å². The molecule has 1 heterocycles. The third-order valence-electron chi connectivity index (χ3n) is 4.09. The summed E-state index contributed by atoms with van der Waals surface area (Å²) in [6, 6.07) is 15.1. The number of hydrogen-bond acceptors (Lipinski definition) is 7. The topological polar surface area (TPSA) is 92.3 Å². The SMILES string of the molecule is CCCSc1nnc(NC(=O)CN(c2ccccc2C)S(=O)(=O)c2ccccc2)s1. The summed E-state index contributed by atoms with van der Waals surface area (Å²) in [5.74, 6) is 0.430. The first-order valence-corrected chi connectivity index (χ1v) is 12.6. The number of para-hydroxylation sites is 1. The number of aromatic nitrogens is 2. The summed E-state index contributed by atoms with van der Waals surface area (Å²) >= 11 is 2.84. The van der Waals surface area contributed by atoms with Gasteiger partial charge >= 0.3 is 0 Å². The summed E-state index contributed by atoms with van der Waals surface area (Å²) < 4.78 is 28.5. The second-order valence-electron chi connectivity index (χ2n) is 6.38. The van der Waals surface area contributed by atoms with Gasteiger partial charge < -0.3 is 0 Å². The second kappa shape index (κ2) is 10.1. The molecule has 0 unspecified atom stereocenters. The number of hydrogen-bond donors (Lipinski definition) is 1. The summed E-state index contributed by atoms with van der Waals surface area (Å²) in [5, 5.41) is 11.0. The largest absolute Gasteiger partial charge is 0.299 e. The first-order valence-electron chi connectivity index (χ1n) is 9.31. The van der Waals surface area contributed by atoms with E-state index in [4.69, 9.17) is 0 Å². The van der Waals surface area contributed by atoms with Crippen LogP contribution in [0.15, 0.2) is 63.8 Å². The lowest BCUT2D eigenvalue weighted by atomic mass is 10.2. The molecule has 0 aliphatic rings. The molecule has 0 atom stereocenters. The third kappa shape index (κ3) is 5.38. The standard InChI is InChI=1S/C20H22N4O3S3/c1-3-13-28-20-23-22-19(29-20)21-18(25)14-24(17-12-8-7-9-15(17)2)30(26,27)16-10-5-4-6-11-16/h4-12H,3,13-14H2,1-2H3,(H,21,22,25). The summed E-state index contributed by atoms with van der Waals surface area (Å²) in [6.07, 6.45) is 1.01. The Kier molecular flexibility index (Phi) is 7.46. The minimum Gasteiger partial charge on any atom is -0.299 e. The molecule has 3 rings (SSSR count). The van der Waals surface area contributed by atoms with Crippen LogP contribution in [0.1, 0.15) is 18.9 Å². The van der Waals surface area contributed by atoms with E-state index in [1.54, 1.807) is 42.1 Å². The normalized spacial score (nSPS) is 11.3. The molecule has 0 aliphatic carbocycles. The molecule has 0 bridgehead atoms. The van der Waals surface area contributed by atoms with Crippen LogP contribution in [0.2, 0.25) is 0 Å². The Hall–Kier alpha value is -2.43. The van der Waals surface area contributed by atoms with Crippen LogP contribution in [-0.2, 0) is 14.8 Å². The number of nitrogens with one attached hydrogen (secondary N) is 1. The molecule has 1 amide bonds. The van der Waals surface area contributed by atoms with Crippen molar-refractivity contribution in [3.8, 4) is 0 Å². The molecule has 1 N–H and O–H groups in total. The molecule has 1 aromatic heterocycles. The lowest BCUT2D eigenvalue weighted by Gasteiger charge is -2.25. The van der Waals surface area contributed by atoms with Crippen LogP contribution in [0.3, 0.4) is 0 Å². The molecule has 30 heavy (non-hydrogen) atoms. The summed E-state index contributed by atoms with van der Waals surface area (Å²) in [4.78, 5) is 12.8. The Balaban J connectivity index is 1.85. The minimum atomic E-state index is -3.94.